The number of carbonyl (C=O) groups excluding carboxylic acids is 1. The minimum atomic E-state index is 0.645. The van der Waals surface area contributed by atoms with E-state index in [0.717, 1.165) is 6.42 Å². The lowest BCUT2D eigenvalue weighted by molar-refractivity contribution is -0.108. The van der Waals surface area contributed by atoms with Crippen molar-refractivity contribution in [2.24, 2.45) is 0 Å². The molecule has 0 atom stereocenters. The summed E-state index contributed by atoms with van der Waals surface area (Å²) in [7, 11) is 0. The van der Waals surface area contributed by atoms with Crippen LogP contribution >= 0.6 is 0 Å². The van der Waals surface area contributed by atoms with Crippen LogP contribution in [0.3, 0.4) is 0 Å². The van der Waals surface area contributed by atoms with Gasteiger partial charge in [0.05, 0.1) is 0 Å². The Hall–Kier alpha value is -1.05. The van der Waals surface area contributed by atoms with Gasteiger partial charge >= 0.3 is 0 Å². The highest BCUT2D eigenvalue weighted by Crippen LogP contribution is 1.81. The molecule has 0 fully saturated rings. The van der Waals surface area contributed by atoms with Gasteiger partial charge in [0, 0.05) is 0 Å². The van der Waals surface area contributed by atoms with Gasteiger partial charge in [0.25, 0.3) is 0 Å². The largest absolute Gasteiger partial charge is 0.336 e. The Labute approximate surface area is 55.3 Å². The second-order valence-electron chi connectivity index (χ2n) is 1.49. The second-order valence-corrected chi connectivity index (χ2v) is 1.49. The van der Waals surface area contributed by atoms with E-state index in [-0.39, 0.29) is 0 Å². The molecule has 0 heterocycles. The molecule has 0 radical (unpaired) electrons. The highest BCUT2D eigenvalue weighted by molar-refractivity contribution is 5.47. The van der Waals surface area contributed by atoms with Crippen LogP contribution in [-0.4, -0.2) is 6.41 Å². The highest BCUT2D eigenvalue weighted by Gasteiger charge is 1.66. The van der Waals surface area contributed by atoms with Crippen LogP contribution in [0.4, 0.5) is 0 Å². The molecule has 0 aliphatic heterocycles. The first kappa shape index (κ1) is 7.95. The first-order valence-electron chi connectivity index (χ1n) is 2.87. The molecule has 0 aromatic rings. The van der Waals surface area contributed by atoms with E-state index in [9.17, 15) is 4.79 Å². The van der Waals surface area contributed by atoms with Gasteiger partial charge in [-0.05, 0) is 19.5 Å². The highest BCUT2D eigenvalue weighted by atomic mass is 16.1. The Morgan fingerprint density at radius 2 is 2.22 bits per heavy atom. The summed E-state index contributed by atoms with van der Waals surface area (Å²) in [6.45, 7) is 1.96. The summed E-state index contributed by atoms with van der Waals surface area (Å²) in [6, 6.07) is 0. The van der Waals surface area contributed by atoms with Gasteiger partial charge < -0.3 is 5.32 Å². The lowest BCUT2D eigenvalue weighted by Gasteiger charge is -1.80. The minimum absolute atomic E-state index is 0.645. The van der Waals surface area contributed by atoms with Crippen LogP contribution in [-0.2, 0) is 4.79 Å². The quantitative estimate of drug-likeness (QED) is 0.444. The van der Waals surface area contributed by atoms with E-state index in [2.05, 4.69) is 5.32 Å². The monoisotopic (exact) mass is 125 g/mol. The summed E-state index contributed by atoms with van der Waals surface area (Å²) in [5, 5.41) is 2.41. The van der Waals surface area contributed by atoms with Crippen molar-refractivity contribution in [2.75, 3.05) is 0 Å². The van der Waals surface area contributed by atoms with Gasteiger partial charge in [-0.2, -0.15) is 0 Å². The van der Waals surface area contributed by atoms with Crippen LogP contribution in [0.15, 0.2) is 24.4 Å². The first-order chi connectivity index (χ1) is 4.41. The third-order valence-corrected chi connectivity index (χ3v) is 0.790. The molecule has 0 bridgehead atoms. The molecule has 0 aliphatic rings. The third-order valence-electron chi connectivity index (χ3n) is 0.790. The molecule has 0 spiro atoms. The fraction of sp³-hybridized carbons (Fsp3) is 0.286. The lowest BCUT2D eigenvalue weighted by Crippen LogP contribution is -1.97. The molecule has 0 aromatic carbocycles. The molecule has 0 aliphatic carbocycles. The van der Waals surface area contributed by atoms with Gasteiger partial charge in [-0.15, -0.1) is 0 Å². The van der Waals surface area contributed by atoms with Gasteiger partial charge in [-0.1, -0.05) is 18.2 Å². The number of allylic oxidation sites excluding steroid dienone is 3. The molecule has 2 heteroatoms. The number of nitrogens with one attached hydrogen (secondary N) is 1. The Morgan fingerprint density at radius 1 is 1.44 bits per heavy atom. The van der Waals surface area contributed by atoms with E-state index < -0.39 is 0 Å². The zero-order chi connectivity index (χ0) is 6.95. The van der Waals surface area contributed by atoms with Crippen LogP contribution in [0.25, 0.3) is 0 Å². The summed E-state index contributed by atoms with van der Waals surface area (Å²) >= 11 is 0. The fourth-order valence-electron chi connectivity index (χ4n) is 0.390. The van der Waals surface area contributed by atoms with Crippen molar-refractivity contribution >= 4 is 6.41 Å². The van der Waals surface area contributed by atoms with Crippen molar-refractivity contribution in [1.29, 1.82) is 0 Å². The summed E-state index contributed by atoms with van der Waals surface area (Å²) in [6.07, 6.45) is 8.97. The number of amides is 1. The van der Waals surface area contributed by atoms with E-state index >= 15 is 0 Å². The van der Waals surface area contributed by atoms with Gasteiger partial charge in [-0.3, -0.25) is 4.79 Å². The molecule has 0 saturated carbocycles. The summed E-state index contributed by atoms with van der Waals surface area (Å²) in [5.41, 5.74) is 0. The van der Waals surface area contributed by atoms with Crippen LogP contribution in [0, 0.1) is 0 Å². The summed E-state index contributed by atoms with van der Waals surface area (Å²) in [5.74, 6) is 0. The third kappa shape index (κ3) is 6.95. The molecule has 0 unspecified atom stereocenters. The fourth-order valence-corrected chi connectivity index (χ4v) is 0.390. The van der Waals surface area contributed by atoms with E-state index in [4.69, 9.17) is 0 Å². The van der Waals surface area contributed by atoms with Gasteiger partial charge in [0.2, 0.25) is 6.41 Å². The van der Waals surface area contributed by atoms with Gasteiger partial charge in [0.15, 0.2) is 0 Å². The number of carbonyl (C=O) groups is 1. The van der Waals surface area contributed by atoms with Gasteiger partial charge in [-0.25, -0.2) is 0 Å². The standard InChI is InChI=1S/C7H11NO/c1-2-3-4-5-6-8-7-9/h2-3,5-7H,4H2,1H3,(H,8,9)/b3-2-,6-5?. The SMILES string of the molecule is C/C=C\CC=CNC=O. The predicted octanol–water partition coefficient (Wildman–Crippen LogP) is 1.21. The number of rotatable bonds is 4. The molecule has 2 nitrogen and oxygen atoms in total. The summed E-state index contributed by atoms with van der Waals surface area (Å²) < 4.78 is 0. The van der Waals surface area contributed by atoms with E-state index in [1.54, 1.807) is 6.20 Å². The van der Waals surface area contributed by atoms with Crippen molar-refractivity contribution < 1.29 is 4.79 Å². The smallest absolute Gasteiger partial charge is 0.211 e. The Bertz CT molecular complexity index is 116. The molecule has 1 N–H and O–H groups in total. The average Bonchev–Trinajstić information content (AvgIpc) is 1.89. The van der Waals surface area contributed by atoms with Crippen molar-refractivity contribution in [1.82, 2.24) is 5.32 Å². The van der Waals surface area contributed by atoms with Crippen molar-refractivity contribution in [2.45, 2.75) is 13.3 Å². The van der Waals surface area contributed by atoms with Crippen molar-refractivity contribution in [3.05, 3.63) is 24.4 Å². The maximum atomic E-state index is 9.66. The maximum absolute atomic E-state index is 9.66. The first-order valence-corrected chi connectivity index (χ1v) is 2.87. The number of hydrogen-bond acceptors (Lipinski definition) is 1. The predicted molar refractivity (Wildman–Crippen MR) is 37.8 cm³/mol. The van der Waals surface area contributed by atoms with Crippen LogP contribution in [0.5, 0.6) is 0 Å². The Kier molecular flexibility index (Phi) is 6.14. The molecular weight excluding hydrogens is 114 g/mol. The molecule has 0 saturated heterocycles. The van der Waals surface area contributed by atoms with E-state index in [1.807, 2.05) is 25.2 Å². The molecule has 50 valence electrons. The molecule has 9 heavy (non-hydrogen) atoms. The Balaban J connectivity index is 3.14. The second kappa shape index (κ2) is 6.95. The van der Waals surface area contributed by atoms with Crippen LogP contribution < -0.4 is 5.32 Å². The maximum Gasteiger partial charge on any atom is 0.211 e. The molecular formula is C7H11NO. The zero-order valence-corrected chi connectivity index (χ0v) is 5.50. The van der Waals surface area contributed by atoms with Crippen LogP contribution in [0.1, 0.15) is 13.3 Å². The lowest BCUT2D eigenvalue weighted by atomic mass is 10.4. The van der Waals surface area contributed by atoms with E-state index in [1.165, 1.54) is 0 Å². The van der Waals surface area contributed by atoms with Crippen molar-refractivity contribution in [3.8, 4) is 0 Å². The van der Waals surface area contributed by atoms with Crippen LogP contribution in [0.2, 0.25) is 0 Å². The molecule has 0 rings (SSSR count). The zero-order valence-electron chi connectivity index (χ0n) is 5.50. The average molecular weight is 125 g/mol. The Morgan fingerprint density at radius 3 is 2.78 bits per heavy atom. The molecule has 0 aromatic heterocycles. The minimum Gasteiger partial charge on any atom is -0.336 e. The van der Waals surface area contributed by atoms with E-state index in [0.29, 0.717) is 6.41 Å². The molecule has 1 amide bonds. The van der Waals surface area contributed by atoms with Gasteiger partial charge in [0.1, 0.15) is 0 Å². The topological polar surface area (TPSA) is 29.1 Å². The van der Waals surface area contributed by atoms with Crippen molar-refractivity contribution in [3.63, 3.8) is 0 Å². The normalized spacial score (nSPS) is 10.8. The summed E-state index contributed by atoms with van der Waals surface area (Å²) in [4.78, 5) is 9.66. The number of hydrogen-bond donors (Lipinski definition) is 1.